The van der Waals surface area contributed by atoms with E-state index >= 15 is 0 Å². The number of hydrogen-bond donors (Lipinski definition) is 2. The second-order valence-electron chi connectivity index (χ2n) is 10.8. The van der Waals surface area contributed by atoms with Crippen molar-refractivity contribution in [1.82, 2.24) is 19.8 Å². The first-order chi connectivity index (χ1) is 21.0. The number of alkyl halides is 1. The van der Waals surface area contributed by atoms with Crippen LogP contribution in [-0.2, 0) is 25.4 Å². The van der Waals surface area contributed by atoms with E-state index in [1.807, 2.05) is 18.2 Å². The van der Waals surface area contributed by atoms with E-state index in [1.54, 1.807) is 14.1 Å². The van der Waals surface area contributed by atoms with E-state index in [-0.39, 0.29) is 36.6 Å². The summed E-state index contributed by atoms with van der Waals surface area (Å²) in [5.41, 5.74) is 1.14. The molecule has 1 fully saturated rings. The predicted molar refractivity (Wildman–Crippen MR) is 178 cm³/mol. The number of Topliss-reactive ketones (excluding diaryl/α,β-unsaturated/α-hetero) is 1. The number of likely N-dealkylation sites (N-methyl/N-ethyl adjacent to an activating group) is 2. The fourth-order valence-electron chi connectivity index (χ4n) is 3.85. The average molecular weight is 631 g/mol. The van der Waals surface area contributed by atoms with Crippen LogP contribution in [0.25, 0.3) is 0 Å². The van der Waals surface area contributed by atoms with Gasteiger partial charge < -0.3 is 10.6 Å². The van der Waals surface area contributed by atoms with Gasteiger partial charge in [0, 0.05) is 44.2 Å². The third kappa shape index (κ3) is 22.3. The normalized spacial score (nSPS) is 13.7. The Morgan fingerprint density at radius 3 is 2.23 bits per heavy atom. The first kappa shape index (κ1) is 40.7. The Kier molecular flexibility index (Phi) is 24.2. The molecule has 1 unspecified atom stereocenters. The van der Waals surface area contributed by atoms with Gasteiger partial charge in [-0.1, -0.05) is 80.8 Å². The molecule has 8 nitrogen and oxygen atoms in total. The number of amides is 2. The summed E-state index contributed by atoms with van der Waals surface area (Å²) in [5, 5.41) is 4.76. The molecule has 1 atom stereocenters. The number of nitrogens with one attached hydrogen (secondary N) is 2. The van der Waals surface area contributed by atoms with Crippen LogP contribution in [0.4, 0.5) is 4.39 Å². The molecule has 0 bridgehead atoms. The van der Waals surface area contributed by atoms with E-state index in [9.17, 15) is 23.0 Å². The number of rotatable bonds is 15. The van der Waals surface area contributed by atoms with E-state index in [2.05, 4.69) is 48.5 Å². The molecule has 0 aromatic heterocycles. The second kappa shape index (κ2) is 26.1. The molecule has 0 radical (unpaired) electrons. The summed E-state index contributed by atoms with van der Waals surface area (Å²) in [4.78, 5) is 37.4. The molecule has 1 aromatic carbocycles. The van der Waals surface area contributed by atoms with Crippen molar-refractivity contribution in [1.29, 1.82) is 0 Å². The highest BCUT2D eigenvalue weighted by Crippen LogP contribution is 2.22. The third-order valence-corrected chi connectivity index (χ3v) is 8.09. The number of unbranched alkanes of at least 4 members (excludes halogenated alkanes) is 1. The van der Waals surface area contributed by atoms with E-state index in [0.29, 0.717) is 25.9 Å². The van der Waals surface area contributed by atoms with Crippen LogP contribution in [-0.4, -0.2) is 77.3 Å². The standard InChI is InChI=1S/C20H29FN4O4S.C7H14.C7H8/c1-5-7-8-10-17(26)15-22-20(28)18(9-6-2)23-19(27)11-14-30(29)25(4)13-12-24(3)16-21;2*1-7-5-3-2-4-6-7/h1-2,9H,7-8,10-16H2,3-4H3,(H,22,28)(H,23,27);7H,2-6H2,1H3;2-6H,1H3/b18-9+;;. The van der Waals surface area contributed by atoms with Crippen LogP contribution < -0.4 is 10.6 Å². The molecule has 1 aromatic rings. The monoisotopic (exact) mass is 630 g/mol. The van der Waals surface area contributed by atoms with Crippen molar-refractivity contribution in [3.05, 3.63) is 47.7 Å². The first-order valence-electron chi connectivity index (χ1n) is 15.1. The summed E-state index contributed by atoms with van der Waals surface area (Å²) in [5.74, 6) is 4.21. The van der Waals surface area contributed by atoms with Crippen molar-refractivity contribution in [3.8, 4) is 24.7 Å². The number of hydrogen-bond acceptors (Lipinski definition) is 5. The molecule has 2 amide bonds. The third-order valence-electron chi connectivity index (χ3n) is 6.66. The fourth-order valence-corrected chi connectivity index (χ4v) is 4.81. The highest BCUT2D eigenvalue weighted by Gasteiger charge is 2.16. The number of carbonyl (C=O) groups is 3. The maximum absolute atomic E-state index is 12.4. The van der Waals surface area contributed by atoms with Crippen LogP contribution >= 0.6 is 0 Å². The average Bonchev–Trinajstić information content (AvgIpc) is 3.02. The predicted octanol–water partition coefficient (Wildman–Crippen LogP) is 4.53. The van der Waals surface area contributed by atoms with Crippen molar-refractivity contribution in [2.75, 3.05) is 46.3 Å². The minimum absolute atomic E-state index is 0.0281. The van der Waals surface area contributed by atoms with Gasteiger partial charge in [-0.15, -0.1) is 18.8 Å². The van der Waals surface area contributed by atoms with Crippen molar-refractivity contribution in [2.24, 2.45) is 5.92 Å². The Labute approximate surface area is 267 Å². The van der Waals surface area contributed by atoms with Gasteiger partial charge in [-0.3, -0.25) is 19.3 Å². The van der Waals surface area contributed by atoms with Gasteiger partial charge in [0.25, 0.3) is 5.91 Å². The molecular weight excluding hydrogens is 579 g/mol. The van der Waals surface area contributed by atoms with Crippen molar-refractivity contribution in [2.45, 2.75) is 71.6 Å². The van der Waals surface area contributed by atoms with Gasteiger partial charge in [-0.25, -0.2) is 12.9 Å². The van der Waals surface area contributed by atoms with Crippen LogP contribution in [0.5, 0.6) is 0 Å². The number of allylic oxidation sites excluding steroid dienone is 1. The molecule has 0 aliphatic heterocycles. The summed E-state index contributed by atoms with van der Waals surface area (Å²) >= 11 is 0. The van der Waals surface area contributed by atoms with Crippen LogP contribution in [0, 0.1) is 37.5 Å². The molecule has 1 aliphatic carbocycles. The molecule has 10 heteroatoms. The number of terminal acetylenes is 2. The van der Waals surface area contributed by atoms with Gasteiger partial charge in [0.1, 0.15) is 12.5 Å². The number of ketones is 1. The highest BCUT2D eigenvalue weighted by molar-refractivity contribution is 7.82. The minimum Gasteiger partial charge on any atom is -0.344 e. The molecule has 0 spiro atoms. The summed E-state index contributed by atoms with van der Waals surface area (Å²) in [7, 11) is 1.76. The number of aryl methyl sites for hydroxylation is 1. The lowest BCUT2D eigenvalue weighted by Gasteiger charge is -2.19. The molecular formula is C34H51FN4O4S. The Bertz CT molecular complexity index is 1110. The van der Waals surface area contributed by atoms with Crippen LogP contribution in [0.1, 0.15) is 70.3 Å². The van der Waals surface area contributed by atoms with Crippen LogP contribution in [0.2, 0.25) is 0 Å². The van der Waals surface area contributed by atoms with Crippen molar-refractivity contribution >= 4 is 28.6 Å². The smallest absolute Gasteiger partial charge is 0.268 e. The number of carbonyl (C=O) groups excluding carboxylic acids is 3. The molecule has 44 heavy (non-hydrogen) atoms. The first-order valence-corrected chi connectivity index (χ1v) is 16.4. The summed E-state index contributed by atoms with van der Waals surface area (Å²) < 4.78 is 26.1. The van der Waals surface area contributed by atoms with Gasteiger partial charge >= 0.3 is 0 Å². The SMILES string of the molecule is C#C/C=C(/NC(=O)CCS(=O)N(C)CCN(C)CF)C(=O)NCC(=O)CCCC#C.CC1CCCCC1.Cc1ccccc1. The van der Waals surface area contributed by atoms with Crippen molar-refractivity contribution in [3.63, 3.8) is 0 Å². The lowest BCUT2D eigenvalue weighted by Crippen LogP contribution is -2.38. The van der Waals surface area contributed by atoms with E-state index in [1.165, 1.54) is 46.9 Å². The summed E-state index contributed by atoms with van der Waals surface area (Å²) in [6.45, 7) is 4.39. The Hall–Kier alpha value is -3.31. The molecule has 0 heterocycles. The van der Waals surface area contributed by atoms with Gasteiger partial charge in [-0.05, 0) is 33.4 Å². The Morgan fingerprint density at radius 1 is 1.07 bits per heavy atom. The maximum Gasteiger partial charge on any atom is 0.268 e. The fraction of sp³-hybridized carbons (Fsp3) is 0.559. The van der Waals surface area contributed by atoms with E-state index in [0.717, 1.165) is 12.0 Å². The Balaban J connectivity index is 0.00000105. The topological polar surface area (TPSA) is 98.8 Å². The lowest BCUT2D eigenvalue weighted by molar-refractivity contribution is -0.125. The largest absolute Gasteiger partial charge is 0.344 e. The van der Waals surface area contributed by atoms with Crippen molar-refractivity contribution < 1.29 is 23.0 Å². The number of benzene rings is 1. The van der Waals surface area contributed by atoms with E-state index < -0.39 is 29.6 Å². The summed E-state index contributed by atoms with van der Waals surface area (Å²) in [6, 6.07) is 10.3. The molecule has 2 N–H and O–H groups in total. The summed E-state index contributed by atoms with van der Waals surface area (Å²) in [6.07, 6.45) is 19.9. The zero-order valence-electron chi connectivity index (χ0n) is 26.9. The van der Waals surface area contributed by atoms with Crippen LogP contribution in [0.3, 0.4) is 0 Å². The zero-order valence-corrected chi connectivity index (χ0v) is 27.7. The van der Waals surface area contributed by atoms with Gasteiger partial charge in [0.05, 0.1) is 17.5 Å². The second-order valence-corrected chi connectivity index (χ2v) is 12.5. The Morgan fingerprint density at radius 2 is 1.73 bits per heavy atom. The van der Waals surface area contributed by atoms with Crippen LogP contribution in [0.15, 0.2) is 42.1 Å². The lowest BCUT2D eigenvalue weighted by atomic mass is 9.91. The molecule has 244 valence electrons. The minimum atomic E-state index is -1.44. The number of halogens is 1. The maximum atomic E-state index is 12.4. The van der Waals surface area contributed by atoms with Gasteiger partial charge in [-0.2, -0.15) is 0 Å². The molecule has 2 rings (SSSR count). The molecule has 1 saturated carbocycles. The van der Waals surface area contributed by atoms with Gasteiger partial charge in [0.15, 0.2) is 5.78 Å². The number of nitrogens with zero attached hydrogens (tertiary/aromatic N) is 2. The highest BCUT2D eigenvalue weighted by atomic mass is 32.2. The quantitative estimate of drug-likeness (QED) is 0.128. The zero-order chi connectivity index (χ0) is 33.2. The van der Waals surface area contributed by atoms with E-state index in [4.69, 9.17) is 12.8 Å². The van der Waals surface area contributed by atoms with Gasteiger partial charge in [0.2, 0.25) is 5.91 Å². The molecule has 0 saturated heterocycles. The molecule has 1 aliphatic rings.